The van der Waals surface area contributed by atoms with E-state index in [2.05, 4.69) is 38.6 Å². The normalized spacial score (nSPS) is 17.1. The van der Waals surface area contributed by atoms with E-state index >= 15 is 0 Å². The van der Waals surface area contributed by atoms with Crippen LogP contribution in [0.25, 0.3) is 16.8 Å². The van der Waals surface area contributed by atoms with E-state index in [1.165, 1.54) is 22.3 Å². The molecule has 3 rings (SSSR count). The van der Waals surface area contributed by atoms with Gasteiger partial charge in [-0.25, -0.2) is 0 Å². The summed E-state index contributed by atoms with van der Waals surface area (Å²) in [5, 5.41) is 12.2. The van der Waals surface area contributed by atoms with Crippen LogP contribution in [0.3, 0.4) is 0 Å². The SMILES string of the molecule is C=C(CCC)C1=CCOC1CC/C(=C/c1ccc(O)c2ccccc12)CCC. The molecule has 2 aromatic carbocycles. The Labute approximate surface area is 169 Å². The molecule has 0 aliphatic carbocycles. The van der Waals surface area contributed by atoms with Crippen LogP contribution in [0.15, 0.2) is 65.8 Å². The Hall–Kier alpha value is -2.32. The third-order valence-corrected chi connectivity index (χ3v) is 5.50. The molecule has 2 nitrogen and oxygen atoms in total. The van der Waals surface area contributed by atoms with Gasteiger partial charge in [0.15, 0.2) is 0 Å². The highest BCUT2D eigenvalue weighted by atomic mass is 16.5. The molecule has 0 spiro atoms. The fourth-order valence-corrected chi connectivity index (χ4v) is 4.09. The topological polar surface area (TPSA) is 29.5 Å². The molecule has 28 heavy (non-hydrogen) atoms. The van der Waals surface area contributed by atoms with Crippen LogP contribution < -0.4 is 0 Å². The van der Waals surface area contributed by atoms with Crippen LogP contribution in [0.5, 0.6) is 5.75 Å². The fourth-order valence-electron chi connectivity index (χ4n) is 4.09. The van der Waals surface area contributed by atoms with E-state index in [0.717, 1.165) is 49.3 Å². The van der Waals surface area contributed by atoms with Crippen LogP contribution in [0.2, 0.25) is 0 Å². The Morgan fingerprint density at radius 1 is 1.07 bits per heavy atom. The molecule has 1 heterocycles. The summed E-state index contributed by atoms with van der Waals surface area (Å²) in [5.74, 6) is 0.341. The first-order valence-electron chi connectivity index (χ1n) is 10.5. The quantitative estimate of drug-likeness (QED) is 0.502. The Bertz CT molecular complexity index is 888. The first-order chi connectivity index (χ1) is 13.6. The van der Waals surface area contributed by atoms with Crippen molar-refractivity contribution in [2.24, 2.45) is 0 Å². The summed E-state index contributed by atoms with van der Waals surface area (Å²) in [6.45, 7) is 9.39. The highest BCUT2D eigenvalue weighted by Gasteiger charge is 2.21. The molecule has 1 atom stereocenters. The summed E-state index contributed by atoms with van der Waals surface area (Å²) in [5.41, 5.74) is 5.16. The molecule has 1 aliphatic rings. The number of hydrogen-bond acceptors (Lipinski definition) is 2. The first kappa shape index (κ1) is 20.4. The standard InChI is InChI=1S/C26H32O2/c1-4-8-19(3)22-16-17-28-26(22)15-12-20(9-5-2)18-21-13-14-25(27)24-11-7-6-10-23(21)24/h6-7,10-11,13-14,16,18,26-27H,3-5,8-9,12,15,17H2,1-2H3/b20-18+. The second-order valence-electron chi connectivity index (χ2n) is 7.65. The van der Waals surface area contributed by atoms with Gasteiger partial charge in [-0.15, -0.1) is 0 Å². The average Bonchev–Trinajstić information content (AvgIpc) is 3.17. The Morgan fingerprint density at radius 2 is 1.82 bits per heavy atom. The van der Waals surface area contributed by atoms with E-state index in [-0.39, 0.29) is 6.10 Å². The molecule has 1 N–H and O–H groups in total. The third kappa shape index (κ3) is 4.74. The fraction of sp³-hybridized carbons (Fsp3) is 0.385. The van der Waals surface area contributed by atoms with Gasteiger partial charge >= 0.3 is 0 Å². The first-order valence-corrected chi connectivity index (χ1v) is 10.5. The summed E-state index contributed by atoms with van der Waals surface area (Å²) >= 11 is 0. The average molecular weight is 377 g/mol. The molecule has 2 aromatic rings. The number of phenolic OH excluding ortho intramolecular Hbond substituents is 1. The highest BCUT2D eigenvalue weighted by Crippen LogP contribution is 2.32. The Morgan fingerprint density at radius 3 is 2.57 bits per heavy atom. The zero-order valence-corrected chi connectivity index (χ0v) is 17.2. The number of hydrogen-bond donors (Lipinski definition) is 1. The van der Waals surface area contributed by atoms with E-state index < -0.39 is 0 Å². The number of fused-ring (bicyclic) bond motifs is 1. The van der Waals surface area contributed by atoms with Crippen molar-refractivity contribution >= 4 is 16.8 Å². The van der Waals surface area contributed by atoms with Gasteiger partial charge in [0.1, 0.15) is 5.75 Å². The van der Waals surface area contributed by atoms with Gasteiger partial charge < -0.3 is 9.84 Å². The molecular weight excluding hydrogens is 344 g/mol. The van der Waals surface area contributed by atoms with Crippen molar-refractivity contribution in [3.05, 3.63) is 71.3 Å². The van der Waals surface area contributed by atoms with Crippen molar-refractivity contribution in [1.29, 1.82) is 0 Å². The summed E-state index contributed by atoms with van der Waals surface area (Å²) in [6.07, 6.45) is 11.1. The van der Waals surface area contributed by atoms with Gasteiger partial charge in [-0.2, -0.15) is 0 Å². The van der Waals surface area contributed by atoms with Gasteiger partial charge in [0.25, 0.3) is 0 Å². The van der Waals surface area contributed by atoms with Crippen molar-refractivity contribution in [3.63, 3.8) is 0 Å². The number of benzene rings is 2. The summed E-state index contributed by atoms with van der Waals surface area (Å²) in [4.78, 5) is 0. The zero-order chi connectivity index (χ0) is 19.9. The van der Waals surface area contributed by atoms with Gasteiger partial charge in [0.2, 0.25) is 0 Å². The van der Waals surface area contributed by atoms with Crippen LogP contribution in [0.1, 0.15) is 57.9 Å². The molecular formula is C26H32O2. The van der Waals surface area contributed by atoms with E-state index in [1.54, 1.807) is 6.07 Å². The second kappa shape index (κ2) is 9.75. The Balaban J connectivity index is 1.78. The number of phenols is 1. The molecule has 1 unspecified atom stereocenters. The van der Waals surface area contributed by atoms with Gasteiger partial charge in [0, 0.05) is 5.39 Å². The van der Waals surface area contributed by atoms with Gasteiger partial charge in [-0.1, -0.05) is 81.3 Å². The lowest BCUT2D eigenvalue weighted by Gasteiger charge is -2.18. The molecule has 0 radical (unpaired) electrons. The molecule has 0 bridgehead atoms. The Kier molecular flexibility index (Phi) is 7.11. The van der Waals surface area contributed by atoms with Crippen LogP contribution in [0.4, 0.5) is 0 Å². The molecule has 148 valence electrons. The lowest BCUT2D eigenvalue weighted by atomic mass is 9.92. The van der Waals surface area contributed by atoms with Crippen LogP contribution in [-0.2, 0) is 4.74 Å². The summed E-state index contributed by atoms with van der Waals surface area (Å²) in [6, 6.07) is 11.9. The number of rotatable bonds is 9. The summed E-state index contributed by atoms with van der Waals surface area (Å²) in [7, 11) is 0. The highest BCUT2D eigenvalue weighted by molar-refractivity contribution is 5.94. The predicted molar refractivity (Wildman–Crippen MR) is 120 cm³/mol. The lowest BCUT2D eigenvalue weighted by molar-refractivity contribution is 0.116. The van der Waals surface area contributed by atoms with E-state index in [1.807, 2.05) is 24.3 Å². The maximum Gasteiger partial charge on any atom is 0.123 e. The van der Waals surface area contributed by atoms with Crippen molar-refractivity contribution in [2.75, 3.05) is 6.61 Å². The monoisotopic (exact) mass is 376 g/mol. The van der Waals surface area contributed by atoms with Crippen LogP contribution in [-0.4, -0.2) is 17.8 Å². The molecule has 2 heteroatoms. The third-order valence-electron chi connectivity index (χ3n) is 5.50. The second-order valence-corrected chi connectivity index (χ2v) is 7.65. The largest absolute Gasteiger partial charge is 0.507 e. The maximum absolute atomic E-state index is 10.2. The van der Waals surface area contributed by atoms with E-state index in [0.29, 0.717) is 12.4 Å². The van der Waals surface area contributed by atoms with E-state index in [4.69, 9.17) is 4.74 Å². The van der Waals surface area contributed by atoms with Crippen molar-refractivity contribution in [2.45, 2.75) is 58.5 Å². The number of aromatic hydroxyl groups is 1. The minimum absolute atomic E-state index is 0.177. The predicted octanol–water partition coefficient (Wildman–Crippen LogP) is 7.19. The zero-order valence-electron chi connectivity index (χ0n) is 17.2. The smallest absolute Gasteiger partial charge is 0.123 e. The van der Waals surface area contributed by atoms with Crippen molar-refractivity contribution < 1.29 is 9.84 Å². The van der Waals surface area contributed by atoms with E-state index in [9.17, 15) is 5.11 Å². The number of allylic oxidation sites excluding steroid dienone is 1. The van der Waals surface area contributed by atoms with Gasteiger partial charge in [0.05, 0.1) is 12.7 Å². The summed E-state index contributed by atoms with van der Waals surface area (Å²) < 4.78 is 5.98. The van der Waals surface area contributed by atoms with Crippen molar-refractivity contribution in [1.82, 2.24) is 0 Å². The van der Waals surface area contributed by atoms with Gasteiger partial charge in [-0.3, -0.25) is 0 Å². The minimum atomic E-state index is 0.177. The molecule has 0 saturated carbocycles. The molecule has 0 fully saturated rings. The maximum atomic E-state index is 10.2. The number of ether oxygens (including phenoxy) is 1. The lowest BCUT2D eigenvalue weighted by Crippen LogP contribution is -2.12. The molecule has 0 saturated heterocycles. The van der Waals surface area contributed by atoms with Crippen molar-refractivity contribution in [3.8, 4) is 5.75 Å². The van der Waals surface area contributed by atoms with Crippen LogP contribution >= 0.6 is 0 Å². The minimum Gasteiger partial charge on any atom is -0.507 e. The molecule has 1 aliphatic heterocycles. The van der Waals surface area contributed by atoms with Crippen LogP contribution in [0, 0.1) is 0 Å². The van der Waals surface area contributed by atoms with Gasteiger partial charge in [-0.05, 0) is 53.8 Å². The molecule has 0 aromatic heterocycles. The molecule has 0 amide bonds.